The maximum absolute atomic E-state index is 13.1. The smallest absolute Gasteiger partial charge is 0.313 e. The number of nitrogens with one attached hydrogen (secondary N) is 2. The molecule has 2 N–H and O–H groups in total. The fourth-order valence-corrected chi connectivity index (χ4v) is 3.12. The lowest BCUT2D eigenvalue weighted by Crippen LogP contribution is -2.37. The number of carbonyl (C=O) groups is 2. The third kappa shape index (κ3) is 4.24. The molecule has 1 aliphatic rings. The third-order valence-corrected chi connectivity index (χ3v) is 4.51. The Bertz CT molecular complexity index is 804. The van der Waals surface area contributed by atoms with Crippen LogP contribution in [0, 0.1) is 5.82 Å². The third-order valence-electron chi connectivity index (χ3n) is 4.51. The largest absolute Gasteiger partial charge is 0.341 e. The van der Waals surface area contributed by atoms with Crippen molar-refractivity contribution in [3.05, 3.63) is 65.0 Å². The van der Waals surface area contributed by atoms with Gasteiger partial charge in [-0.25, -0.2) is 4.39 Å². The SMILES string of the molecule is CC(NC(=O)C(=O)Nc1cccc(F)c1)c1ccc2c(c1)CCCC2. The van der Waals surface area contributed by atoms with E-state index in [4.69, 9.17) is 0 Å². The van der Waals surface area contributed by atoms with Crippen LogP contribution in [-0.2, 0) is 22.4 Å². The number of amides is 2. The summed E-state index contributed by atoms with van der Waals surface area (Å²) in [5.41, 5.74) is 3.93. The Balaban J connectivity index is 1.62. The zero-order valence-corrected chi connectivity index (χ0v) is 14.1. The van der Waals surface area contributed by atoms with Gasteiger partial charge < -0.3 is 10.6 Å². The molecule has 0 radical (unpaired) electrons. The van der Waals surface area contributed by atoms with Crippen molar-refractivity contribution in [2.45, 2.75) is 38.6 Å². The van der Waals surface area contributed by atoms with Crippen LogP contribution < -0.4 is 10.6 Å². The molecule has 1 atom stereocenters. The molecule has 3 rings (SSSR count). The molecule has 0 saturated heterocycles. The first kappa shape index (κ1) is 17.1. The van der Waals surface area contributed by atoms with E-state index >= 15 is 0 Å². The summed E-state index contributed by atoms with van der Waals surface area (Å²) < 4.78 is 13.1. The van der Waals surface area contributed by atoms with Gasteiger partial charge in [-0.2, -0.15) is 0 Å². The second-order valence-electron chi connectivity index (χ2n) is 6.39. The van der Waals surface area contributed by atoms with Crippen LogP contribution in [-0.4, -0.2) is 11.8 Å². The molecule has 25 heavy (non-hydrogen) atoms. The molecule has 2 aromatic rings. The number of fused-ring (bicyclic) bond motifs is 1. The quantitative estimate of drug-likeness (QED) is 0.840. The second-order valence-corrected chi connectivity index (χ2v) is 6.39. The van der Waals surface area contributed by atoms with Crippen molar-refractivity contribution in [3.8, 4) is 0 Å². The number of aryl methyl sites for hydroxylation is 2. The normalized spacial score (nSPS) is 14.3. The number of benzene rings is 2. The topological polar surface area (TPSA) is 58.2 Å². The minimum atomic E-state index is -0.810. The number of carbonyl (C=O) groups excluding carboxylic acids is 2. The maximum atomic E-state index is 13.1. The summed E-state index contributed by atoms with van der Waals surface area (Å²) in [7, 11) is 0. The fourth-order valence-electron chi connectivity index (χ4n) is 3.12. The van der Waals surface area contributed by atoms with Gasteiger partial charge in [0.25, 0.3) is 0 Å². The molecule has 0 bridgehead atoms. The van der Waals surface area contributed by atoms with Gasteiger partial charge >= 0.3 is 11.8 Å². The van der Waals surface area contributed by atoms with Gasteiger partial charge in [0.2, 0.25) is 0 Å². The van der Waals surface area contributed by atoms with Crippen LogP contribution in [0.3, 0.4) is 0 Å². The Morgan fingerprint density at radius 2 is 1.76 bits per heavy atom. The first-order chi connectivity index (χ1) is 12.0. The molecule has 130 valence electrons. The minimum Gasteiger partial charge on any atom is -0.341 e. The van der Waals surface area contributed by atoms with Crippen LogP contribution in [0.1, 0.15) is 42.5 Å². The Labute approximate surface area is 146 Å². The Kier molecular flexibility index (Phi) is 5.12. The van der Waals surface area contributed by atoms with E-state index in [1.807, 2.05) is 13.0 Å². The summed E-state index contributed by atoms with van der Waals surface area (Å²) in [6.45, 7) is 1.85. The van der Waals surface area contributed by atoms with Gasteiger partial charge in [0.15, 0.2) is 0 Å². The van der Waals surface area contributed by atoms with E-state index in [1.165, 1.54) is 42.2 Å². The lowest BCUT2D eigenvalue weighted by Gasteiger charge is -2.20. The van der Waals surface area contributed by atoms with Crippen LogP contribution >= 0.6 is 0 Å². The monoisotopic (exact) mass is 340 g/mol. The van der Waals surface area contributed by atoms with Gasteiger partial charge in [0, 0.05) is 5.69 Å². The predicted molar refractivity (Wildman–Crippen MR) is 94.7 cm³/mol. The maximum Gasteiger partial charge on any atom is 0.313 e. The summed E-state index contributed by atoms with van der Waals surface area (Å²) in [4.78, 5) is 24.1. The van der Waals surface area contributed by atoms with Crippen molar-refractivity contribution in [2.24, 2.45) is 0 Å². The molecule has 1 aliphatic carbocycles. The van der Waals surface area contributed by atoms with Gasteiger partial charge in [-0.1, -0.05) is 24.3 Å². The molecule has 0 heterocycles. The highest BCUT2D eigenvalue weighted by Crippen LogP contribution is 2.24. The summed E-state index contributed by atoms with van der Waals surface area (Å²) >= 11 is 0. The number of rotatable bonds is 3. The van der Waals surface area contributed by atoms with Crippen LogP contribution in [0.4, 0.5) is 10.1 Å². The van der Waals surface area contributed by atoms with Crippen molar-refractivity contribution in [1.29, 1.82) is 0 Å². The van der Waals surface area contributed by atoms with E-state index in [0.29, 0.717) is 0 Å². The summed E-state index contributed by atoms with van der Waals surface area (Å²) in [5.74, 6) is -2.02. The molecule has 0 aliphatic heterocycles. The highest BCUT2D eigenvalue weighted by atomic mass is 19.1. The molecule has 4 nitrogen and oxygen atoms in total. The molecule has 5 heteroatoms. The Morgan fingerprint density at radius 3 is 2.52 bits per heavy atom. The van der Waals surface area contributed by atoms with Crippen molar-refractivity contribution in [1.82, 2.24) is 5.32 Å². The molecule has 2 aromatic carbocycles. The highest BCUT2D eigenvalue weighted by molar-refractivity contribution is 6.39. The zero-order valence-electron chi connectivity index (χ0n) is 14.1. The standard InChI is InChI=1S/C20H21FN2O2/c1-13(15-10-9-14-5-2-3-6-16(14)11-15)22-19(24)20(25)23-18-8-4-7-17(21)12-18/h4,7-13H,2-3,5-6H2,1H3,(H,22,24)(H,23,25). The molecule has 0 spiro atoms. The van der Waals surface area contributed by atoms with Gasteiger partial charge in [0.1, 0.15) is 5.82 Å². The lowest BCUT2D eigenvalue weighted by atomic mass is 9.89. The van der Waals surface area contributed by atoms with E-state index in [2.05, 4.69) is 22.8 Å². The first-order valence-electron chi connectivity index (χ1n) is 8.52. The zero-order chi connectivity index (χ0) is 17.8. The van der Waals surface area contributed by atoms with E-state index in [9.17, 15) is 14.0 Å². The van der Waals surface area contributed by atoms with Gasteiger partial charge in [-0.3, -0.25) is 9.59 Å². The molecule has 2 amide bonds. The van der Waals surface area contributed by atoms with Crippen LogP contribution in [0.2, 0.25) is 0 Å². The van der Waals surface area contributed by atoms with Crippen molar-refractivity contribution < 1.29 is 14.0 Å². The fraction of sp³-hybridized carbons (Fsp3) is 0.300. The van der Waals surface area contributed by atoms with E-state index in [0.717, 1.165) is 24.5 Å². The Hall–Kier alpha value is -2.69. The van der Waals surface area contributed by atoms with Gasteiger partial charge in [0.05, 0.1) is 6.04 Å². The average molecular weight is 340 g/mol. The van der Waals surface area contributed by atoms with E-state index in [-0.39, 0.29) is 11.7 Å². The van der Waals surface area contributed by atoms with Crippen molar-refractivity contribution in [2.75, 3.05) is 5.32 Å². The highest BCUT2D eigenvalue weighted by Gasteiger charge is 2.18. The Morgan fingerprint density at radius 1 is 1.00 bits per heavy atom. The van der Waals surface area contributed by atoms with Gasteiger partial charge in [-0.15, -0.1) is 0 Å². The predicted octanol–water partition coefficient (Wildman–Crippen LogP) is 3.52. The number of anilines is 1. The summed E-state index contributed by atoms with van der Waals surface area (Å²) in [6.07, 6.45) is 4.57. The van der Waals surface area contributed by atoms with Crippen LogP contribution in [0.5, 0.6) is 0 Å². The van der Waals surface area contributed by atoms with E-state index < -0.39 is 17.6 Å². The molecular weight excluding hydrogens is 319 g/mol. The molecule has 0 aromatic heterocycles. The van der Waals surface area contributed by atoms with E-state index in [1.54, 1.807) is 0 Å². The summed E-state index contributed by atoms with van der Waals surface area (Å²) in [5, 5.41) is 5.09. The summed E-state index contributed by atoms with van der Waals surface area (Å²) in [6, 6.07) is 11.4. The molecule has 1 unspecified atom stereocenters. The number of hydrogen-bond donors (Lipinski definition) is 2. The molecule has 0 saturated carbocycles. The van der Waals surface area contributed by atoms with Crippen molar-refractivity contribution in [3.63, 3.8) is 0 Å². The molecule has 0 fully saturated rings. The van der Waals surface area contributed by atoms with Crippen molar-refractivity contribution >= 4 is 17.5 Å². The lowest BCUT2D eigenvalue weighted by molar-refractivity contribution is -0.136. The van der Waals surface area contributed by atoms with Crippen LogP contribution in [0.25, 0.3) is 0 Å². The molecular formula is C20H21FN2O2. The van der Waals surface area contributed by atoms with Gasteiger partial charge in [-0.05, 0) is 67.5 Å². The minimum absolute atomic E-state index is 0.251. The van der Waals surface area contributed by atoms with Crippen LogP contribution in [0.15, 0.2) is 42.5 Å². The number of halogens is 1. The average Bonchev–Trinajstić information content (AvgIpc) is 2.61. The number of hydrogen-bond acceptors (Lipinski definition) is 2. The first-order valence-corrected chi connectivity index (χ1v) is 8.52. The second kappa shape index (κ2) is 7.47.